The fourth-order valence-electron chi connectivity index (χ4n) is 5.61. The number of nitrogens with zero attached hydrogens (tertiary/aromatic N) is 1. The lowest BCUT2D eigenvalue weighted by atomic mass is 9.91. The summed E-state index contributed by atoms with van der Waals surface area (Å²) in [6, 6.07) is 34.8. The van der Waals surface area contributed by atoms with E-state index >= 15 is 0 Å². The van der Waals surface area contributed by atoms with E-state index in [1.54, 1.807) is 18.2 Å². The first-order chi connectivity index (χ1) is 23.4. The van der Waals surface area contributed by atoms with E-state index in [1.807, 2.05) is 91.0 Å². The number of carbonyl (C=O) groups is 2. The SMILES string of the molecule is C[C@H]1[C@@H](CSc2nc(-c3ccccc3)c(-c3ccccc3)o2)O[C@@H](c2cccc(NC(=O)CCC(=O)O)c2)O[C@H]1c1ccc(CO)cc1. The van der Waals surface area contributed by atoms with Gasteiger partial charge in [-0.1, -0.05) is 116 Å². The van der Waals surface area contributed by atoms with Crippen LogP contribution in [0.3, 0.4) is 0 Å². The number of aliphatic carboxylic acids is 1. The molecule has 3 N–H and O–H groups in total. The minimum absolute atomic E-state index is 0.0522. The van der Waals surface area contributed by atoms with Crippen LogP contribution in [-0.2, 0) is 25.7 Å². The minimum atomic E-state index is -1.03. The quantitative estimate of drug-likeness (QED) is 0.114. The normalized spacial score (nSPS) is 19.1. The Bertz CT molecular complexity index is 1770. The molecule has 0 aliphatic carbocycles. The molecule has 48 heavy (non-hydrogen) atoms. The molecule has 1 aliphatic heterocycles. The van der Waals surface area contributed by atoms with Crippen molar-refractivity contribution < 1.29 is 33.7 Å². The average molecular weight is 665 g/mol. The Morgan fingerprint density at radius 2 is 1.54 bits per heavy atom. The molecular weight excluding hydrogens is 628 g/mol. The molecule has 0 spiro atoms. The van der Waals surface area contributed by atoms with Gasteiger partial charge in [-0.25, -0.2) is 4.98 Å². The van der Waals surface area contributed by atoms with Crippen LogP contribution in [0.15, 0.2) is 119 Å². The first-order valence-electron chi connectivity index (χ1n) is 15.7. The van der Waals surface area contributed by atoms with Gasteiger partial charge >= 0.3 is 5.97 Å². The van der Waals surface area contributed by atoms with Crippen molar-refractivity contribution in [2.45, 2.75) is 50.1 Å². The zero-order chi connectivity index (χ0) is 33.5. The minimum Gasteiger partial charge on any atom is -0.481 e. The largest absolute Gasteiger partial charge is 0.481 e. The van der Waals surface area contributed by atoms with Crippen molar-refractivity contribution in [3.8, 4) is 22.6 Å². The fraction of sp³-hybridized carbons (Fsp3) is 0.237. The van der Waals surface area contributed by atoms with E-state index in [0.29, 0.717) is 28.0 Å². The van der Waals surface area contributed by atoms with Crippen LogP contribution in [0.25, 0.3) is 22.6 Å². The Kier molecular flexibility index (Phi) is 10.7. The fourth-order valence-corrected chi connectivity index (χ4v) is 6.60. The number of aliphatic hydroxyl groups excluding tert-OH is 1. The molecule has 1 aromatic heterocycles. The molecular formula is C38H36N2O7S. The van der Waals surface area contributed by atoms with Crippen LogP contribution in [0, 0.1) is 5.92 Å². The number of hydrogen-bond acceptors (Lipinski definition) is 8. The zero-order valence-electron chi connectivity index (χ0n) is 26.3. The Hall–Kier alpha value is -4.74. The molecule has 6 rings (SSSR count). The lowest BCUT2D eigenvalue weighted by molar-refractivity contribution is -0.268. The van der Waals surface area contributed by atoms with Gasteiger partial charge in [-0.05, 0) is 23.3 Å². The van der Waals surface area contributed by atoms with Gasteiger partial charge in [0, 0.05) is 40.5 Å². The van der Waals surface area contributed by atoms with Gasteiger partial charge in [-0.15, -0.1) is 0 Å². The standard InChI is InChI=1S/C38H36N2O7S/c1-24-31(23-48-38-40-34(26-9-4-2-5-10-26)36(47-38)27-11-6-3-7-12-27)45-37(46-35(24)28-17-15-25(22-41)16-18-28)29-13-8-14-30(21-29)39-32(42)19-20-33(43)44/h2-18,21,24,31,35,37,41H,19-20,22-23H2,1H3,(H,39,42)(H,43,44)/t24-,31+,35+,37+/m0/s1. The molecule has 1 fully saturated rings. The molecule has 0 radical (unpaired) electrons. The van der Waals surface area contributed by atoms with Crippen molar-refractivity contribution in [1.82, 2.24) is 4.98 Å². The third-order valence-electron chi connectivity index (χ3n) is 8.19. The monoisotopic (exact) mass is 664 g/mol. The van der Waals surface area contributed by atoms with Gasteiger partial charge in [0.15, 0.2) is 12.1 Å². The molecule has 1 amide bonds. The van der Waals surface area contributed by atoms with Gasteiger partial charge in [-0.2, -0.15) is 0 Å². The first kappa shape index (κ1) is 33.2. The molecule has 2 heterocycles. The third kappa shape index (κ3) is 8.03. The Morgan fingerprint density at radius 1 is 0.833 bits per heavy atom. The van der Waals surface area contributed by atoms with Gasteiger partial charge in [-0.3, -0.25) is 9.59 Å². The summed E-state index contributed by atoms with van der Waals surface area (Å²) in [4.78, 5) is 28.2. The Labute approximate surface area is 282 Å². The molecule has 1 aliphatic rings. The molecule has 4 atom stereocenters. The van der Waals surface area contributed by atoms with E-state index in [2.05, 4.69) is 12.2 Å². The number of nitrogens with one attached hydrogen (secondary N) is 1. The van der Waals surface area contributed by atoms with E-state index in [-0.39, 0.29) is 43.5 Å². The van der Waals surface area contributed by atoms with Crippen molar-refractivity contribution in [2.24, 2.45) is 5.92 Å². The number of amides is 1. The highest BCUT2D eigenvalue weighted by Crippen LogP contribution is 2.44. The van der Waals surface area contributed by atoms with Gasteiger partial charge in [0.1, 0.15) is 5.69 Å². The molecule has 1 saturated heterocycles. The Balaban J connectivity index is 1.26. The predicted molar refractivity (Wildman–Crippen MR) is 183 cm³/mol. The summed E-state index contributed by atoms with van der Waals surface area (Å²) in [6.45, 7) is 2.04. The van der Waals surface area contributed by atoms with E-state index in [1.165, 1.54) is 11.8 Å². The highest BCUT2D eigenvalue weighted by Gasteiger charge is 2.39. The maximum Gasteiger partial charge on any atom is 0.303 e. The lowest BCUT2D eigenvalue weighted by Crippen LogP contribution is -2.38. The van der Waals surface area contributed by atoms with Gasteiger partial charge < -0.3 is 29.4 Å². The summed E-state index contributed by atoms with van der Waals surface area (Å²) in [5.74, 6) is -0.255. The van der Waals surface area contributed by atoms with Gasteiger partial charge in [0.2, 0.25) is 5.91 Å². The molecule has 246 valence electrons. The number of thioether (sulfide) groups is 1. The van der Waals surface area contributed by atoms with E-state index < -0.39 is 12.3 Å². The predicted octanol–water partition coefficient (Wildman–Crippen LogP) is 7.89. The van der Waals surface area contributed by atoms with Crippen LogP contribution < -0.4 is 5.32 Å². The van der Waals surface area contributed by atoms with E-state index in [0.717, 1.165) is 27.9 Å². The smallest absolute Gasteiger partial charge is 0.303 e. The van der Waals surface area contributed by atoms with Crippen LogP contribution in [0.5, 0.6) is 0 Å². The van der Waals surface area contributed by atoms with Crippen LogP contribution in [-0.4, -0.2) is 38.9 Å². The maximum absolute atomic E-state index is 12.3. The molecule has 0 unspecified atom stereocenters. The number of anilines is 1. The van der Waals surface area contributed by atoms with Crippen LogP contribution in [0.4, 0.5) is 5.69 Å². The number of aliphatic hydroxyl groups is 1. The molecule has 10 heteroatoms. The second-order valence-corrected chi connectivity index (χ2v) is 12.6. The number of oxazole rings is 1. The topological polar surface area (TPSA) is 131 Å². The lowest BCUT2D eigenvalue weighted by Gasteiger charge is -2.41. The summed E-state index contributed by atoms with van der Waals surface area (Å²) in [5.41, 5.74) is 5.66. The number of carboxylic acid groups (broad SMARTS) is 1. The zero-order valence-corrected chi connectivity index (χ0v) is 27.1. The van der Waals surface area contributed by atoms with Gasteiger partial charge in [0.05, 0.1) is 25.2 Å². The highest BCUT2D eigenvalue weighted by molar-refractivity contribution is 7.99. The number of carbonyl (C=O) groups excluding carboxylic acids is 1. The molecule has 0 saturated carbocycles. The van der Waals surface area contributed by atoms with E-state index in [9.17, 15) is 14.7 Å². The molecule has 9 nitrogen and oxygen atoms in total. The Morgan fingerprint density at radius 3 is 2.23 bits per heavy atom. The maximum atomic E-state index is 12.3. The summed E-state index contributed by atoms with van der Waals surface area (Å²) < 4.78 is 19.6. The highest BCUT2D eigenvalue weighted by atomic mass is 32.2. The van der Waals surface area contributed by atoms with Crippen molar-refractivity contribution in [3.63, 3.8) is 0 Å². The number of rotatable bonds is 12. The second kappa shape index (κ2) is 15.4. The molecule has 4 aromatic carbocycles. The number of aromatic nitrogens is 1. The van der Waals surface area contributed by atoms with E-state index in [4.69, 9.17) is 24.0 Å². The number of ether oxygens (including phenoxy) is 2. The van der Waals surface area contributed by atoms with Crippen molar-refractivity contribution in [2.75, 3.05) is 11.1 Å². The molecule has 5 aromatic rings. The van der Waals surface area contributed by atoms with Crippen molar-refractivity contribution in [1.29, 1.82) is 0 Å². The summed E-state index contributed by atoms with van der Waals surface area (Å²) in [5, 5.41) is 21.8. The summed E-state index contributed by atoms with van der Waals surface area (Å²) in [7, 11) is 0. The number of carboxylic acids is 1. The third-order valence-corrected chi connectivity index (χ3v) is 9.11. The van der Waals surface area contributed by atoms with Gasteiger partial charge in [0.25, 0.3) is 5.22 Å². The van der Waals surface area contributed by atoms with Crippen LogP contribution >= 0.6 is 11.8 Å². The number of hydrogen-bond donors (Lipinski definition) is 3. The summed E-state index contributed by atoms with van der Waals surface area (Å²) in [6.07, 6.45) is -1.75. The molecule has 0 bridgehead atoms. The van der Waals surface area contributed by atoms with Crippen LogP contribution in [0.2, 0.25) is 0 Å². The van der Waals surface area contributed by atoms with Crippen molar-refractivity contribution in [3.05, 3.63) is 126 Å². The average Bonchev–Trinajstić information content (AvgIpc) is 3.56. The van der Waals surface area contributed by atoms with Crippen molar-refractivity contribution >= 4 is 29.3 Å². The van der Waals surface area contributed by atoms with Crippen LogP contribution in [0.1, 0.15) is 48.8 Å². The number of benzene rings is 4. The second-order valence-electron chi connectivity index (χ2n) is 11.6. The first-order valence-corrected chi connectivity index (χ1v) is 16.7. The summed E-state index contributed by atoms with van der Waals surface area (Å²) >= 11 is 1.48.